The summed E-state index contributed by atoms with van der Waals surface area (Å²) in [6.45, 7) is 0. The maximum atomic E-state index is 12.8. The Hall–Kier alpha value is -1.87. The average Bonchev–Trinajstić information content (AvgIpc) is 2.40. The van der Waals surface area contributed by atoms with Gasteiger partial charge in [0.25, 0.3) is 10.0 Å². The van der Waals surface area contributed by atoms with Gasteiger partial charge in [-0.25, -0.2) is 18.4 Å². The molecule has 0 radical (unpaired) electrons. The number of aromatic nitrogens is 2. The molecule has 112 valence electrons. The van der Waals surface area contributed by atoms with Crippen LogP contribution in [0.1, 0.15) is 5.56 Å². The van der Waals surface area contributed by atoms with E-state index in [1.807, 2.05) is 4.72 Å². The molecule has 2 rings (SSSR count). The molecule has 0 fully saturated rings. The topological polar surface area (TPSA) is 72.0 Å². The van der Waals surface area contributed by atoms with E-state index in [0.717, 1.165) is 24.5 Å². The molecule has 0 amide bonds. The van der Waals surface area contributed by atoms with Gasteiger partial charge in [0.15, 0.2) is 5.82 Å². The molecule has 10 heteroatoms. The van der Waals surface area contributed by atoms with Crippen LogP contribution in [0.25, 0.3) is 0 Å². The van der Waals surface area contributed by atoms with Crippen molar-refractivity contribution in [1.82, 2.24) is 9.97 Å². The van der Waals surface area contributed by atoms with E-state index in [1.54, 1.807) is 0 Å². The van der Waals surface area contributed by atoms with E-state index in [1.165, 1.54) is 6.07 Å². The molecule has 0 aliphatic heterocycles. The van der Waals surface area contributed by atoms with E-state index in [-0.39, 0.29) is 11.0 Å². The lowest BCUT2D eigenvalue weighted by molar-refractivity contribution is -0.139. The van der Waals surface area contributed by atoms with Gasteiger partial charge in [0.1, 0.15) is 5.15 Å². The van der Waals surface area contributed by atoms with Crippen LogP contribution in [0.4, 0.5) is 19.0 Å². The summed E-state index contributed by atoms with van der Waals surface area (Å²) < 4.78 is 64.5. The Morgan fingerprint density at radius 2 is 1.76 bits per heavy atom. The average molecular weight is 338 g/mol. The molecule has 1 aromatic carbocycles. The normalized spacial score (nSPS) is 12.2. The van der Waals surface area contributed by atoms with Gasteiger partial charge in [-0.15, -0.1) is 0 Å². The highest BCUT2D eigenvalue weighted by atomic mass is 35.5. The van der Waals surface area contributed by atoms with Crippen molar-refractivity contribution in [1.29, 1.82) is 0 Å². The molecule has 2 aromatic rings. The van der Waals surface area contributed by atoms with Crippen LogP contribution in [0.2, 0.25) is 5.15 Å². The SMILES string of the molecule is O=S(=O)(Nc1cnc(Cl)cn1)c1ccccc1C(F)(F)F. The molecule has 0 atom stereocenters. The first-order valence-electron chi connectivity index (χ1n) is 5.37. The maximum Gasteiger partial charge on any atom is 0.417 e. The summed E-state index contributed by atoms with van der Waals surface area (Å²) in [7, 11) is -4.46. The summed E-state index contributed by atoms with van der Waals surface area (Å²) in [6.07, 6.45) is -2.73. The molecule has 0 aliphatic rings. The number of sulfonamides is 1. The van der Waals surface area contributed by atoms with Gasteiger partial charge in [0.05, 0.1) is 22.9 Å². The van der Waals surface area contributed by atoms with Crippen LogP contribution in [-0.4, -0.2) is 18.4 Å². The number of benzene rings is 1. The van der Waals surface area contributed by atoms with E-state index >= 15 is 0 Å². The molecule has 1 aromatic heterocycles. The van der Waals surface area contributed by atoms with E-state index in [0.29, 0.717) is 6.07 Å². The summed E-state index contributed by atoms with van der Waals surface area (Å²) in [6, 6.07) is 3.83. The highest BCUT2D eigenvalue weighted by Crippen LogP contribution is 2.34. The van der Waals surface area contributed by atoms with Gasteiger partial charge in [-0.3, -0.25) is 4.72 Å². The maximum absolute atomic E-state index is 12.8. The standard InChI is InChI=1S/C11H7ClF3N3O2S/c12-9-5-17-10(6-16-9)18-21(19,20)8-4-2-1-3-7(8)11(13,14)15/h1-6H,(H,17,18). The van der Waals surface area contributed by atoms with Crippen molar-refractivity contribution in [3.05, 3.63) is 47.4 Å². The number of nitrogens with one attached hydrogen (secondary N) is 1. The molecule has 0 bridgehead atoms. The van der Waals surface area contributed by atoms with Crippen LogP contribution in [-0.2, 0) is 16.2 Å². The third-order valence-electron chi connectivity index (χ3n) is 2.34. The van der Waals surface area contributed by atoms with E-state index < -0.39 is 26.7 Å². The summed E-state index contributed by atoms with van der Waals surface area (Å²) in [5.41, 5.74) is -1.26. The van der Waals surface area contributed by atoms with Crippen LogP contribution in [0.3, 0.4) is 0 Å². The first kappa shape index (κ1) is 15.5. The first-order chi connectivity index (χ1) is 9.70. The zero-order valence-corrected chi connectivity index (χ0v) is 11.7. The van der Waals surface area contributed by atoms with Gasteiger partial charge in [-0.2, -0.15) is 13.2 Å². The molecule has 21 heavy (non-hydrogen) atoms. The Morgan fingerprint density at radius 1 is 1.10 bits per heavy atom. The van der Waals surface area contributed by atoms with Crippen molar-refractivity contribution in [2.45, 2.75) is 11.1 Å². The van der Waals surface area contributed by atoms with Crippen molar-refractivity contribution < 1.29 is 21.6 Å². The molecule has 5 nitrogen and oxygen atoms in total. The molecule has 1 N–H and O–H groups in total. The predicted octanol–water partition coefficient (Wildman–Crippen LogP) is 2.95. The Morgan fingerprint density at radius 3 is 2.33 bits per heavy atom. The minimum Gasteiger partial charge on any atom is -0.262 e. The van der Waals surface area contributed by atoms with Crippen LogP contribution < -0.4 is 4.72 Å². The minimum atomic E-state index is -4.79. The van der Waals surface area contributed by atoms with E-state index in [4.69, 9.17) is 11.6 Å². The van der Waals surface area contributed by atoms with Crippen LogP contribution >= 0.6 is 11.6 Å². The molecule has 0 spiro atoms. The van der Waals surface area contributed by atoms with Gasteiger partial charge in [-0.1, -0.05) is 23.7 Å². The molecule has 0 aliphatic carbocycles. The lowest BCUT2D eigenvalue weighted by atomic mass is 10.2. The van der Waals surface area contributed by atoms with Crippen molar-refractivity contribution >= 4 is 27.4 Å². The van der Waals surface area contributed by atoms with Crippen LogP contribution in [0.5, 0.6) is 0 Å². The van der Waals surface area contributed by atoms with Gasteiger partial charge >= 0.3 is 6.18 Å². The number of rotatable bonds is 3. The number of nitrogens with zero attached hydrogens (tertiary/aromatic N) is 2. The zero-order chi connectivity index (χ0) is 15.7. The highest BCUT2D eigenvalue weighted by molar-refractivity contribution is 7.92. The largest absolute Gasteiger partial charge is 0.417 e. The number of halogens is 4. The van der Waals surface area contributed by atoms with Crippen molar-refractivity contribution in [2.75, 3.05) is 4.72 Å². The quantitative estimate of drug-likeness (QED) is 0.934. The van der Waals surface area contributed by atoms with E-state index in [9.17, 15) is 21.6 Å². The van der Waals surface area contributed by atoms with Gasteiger partial charge in [0, 0.05) is 0 Å². The van der Waals surface area contributed by atoms with Gasteiger partial charge in [-0.05, 0) is 12.1 Å². The zero-order valence-electron chi connectivity index (χ0n) is 10.1. The molecular formula is C11H7ClF3N3O2S. The fraction of sp³-hybridized carbons (Fsp3) is 0.0909. The second-order valence-corrected chi connectivity index (χ2v) is 5.86. The number of anilines is 1. The smallest absolute Gasteiger partial charge is 0.262 e. The van der Waals surface area contributed by atoms with Crippen molar-refractivity contribution in [3.63, 3.8) is 0 Å². The van der Waals surface area contributed by atoms with Crippen molar-refractivity contribution in [2.24, 2.45) is 0 Å². The first-order valence-corrected chi connectivity index (χ1v) is 7.23. The summed E-state index contributed by atoms with van der Waals surface area (Å²) in [5.74, 6) is -0.239. The number of hydrogen-bond acceptors (Lipinski definition) is 4. The lowest BCUT2D eigenvalue weighted by Crippen LogP contribution is -2.19. The third-order valence-corrected chi connectivity index (χ3v) is 3.95. The second-order valence-electron chi connectivity index (χ2n) is 3.82. The molecular weight excluding hydrogens is 331 g/mol. The summed E-state index contributed by atoms with van der Waals surface area (Å²) in [5, 5.41) is 0.0219. The molecule has 0 saturated heterocycles. The Kier molecular flexibility index (Phi) is 4.06. The second kappa shape index (κ2) is 5.49. The van der Waals surface area contributed by atoms with Crippen molar-refractivity contribution in [3.8, 4) is 0 Å². The summed E-state index contributed by atoms with van der Waals surface area (Å²) >= 11 is 5.49. The Balaban J connectivity index is 2.43. The molecule has 0 unspecified atom stereocenters. The summed E-state index contributed by atoms with van der Waals surface area (Å²) in [4.78, 5) is 6.30. The van der Waals surface area contributed by atoms with Gasteiger partial charge < -0.3 is 0 Å². The van der Waals surface area contributed by atoms with Crippen LogP contribution in [0, 0.1) is 0 Å². The minimum absolute atomic E-state index is 0.0219. The Bertz CT molecular complexity index is 748. The van der Waals surface area contributed by atoms with Crippen LogP contribution in [0.15, 0.2) is 41.6 Å². The number of alkyl halides is 3. The van der Waals surface area contributed by atoms with E-state index in [2.05, 4.69) is 9.97 Å². The third kappa shape index (κ3) is 3.61. The van der Waals surface area contributed by atoms with Gasteiger partial charge in [0.2, 0.25) is 0 Å². The highest BCUT2D eigenvalue weighted by Gasteiger charge is 2.36. The lowest BCUT2D eigenvalue weighted by Gasteiger charge is -2.13. The predicted molar refractivity (Wildman–Crippen MR) is 69.3 cm³/mol. The monoisotopic (exact) mass is 337 g/mol. The number of hydrogen-bond donors (Lipinski definition) is 1. The molecule has 0 saturated carbocycles. The fourth-order valence-electron chi connectivity index (χ4n) is 1.49. The fourth-order valence-corrected chi connectivity index (χ4v) is 2.81. The molecule has 1 heterocycles. The Labute approximate surface area is 122 Å².